The van der Waals surface area contributed by atoms with E-state index in [9.17, 15) is 4.79 Å². The summed E-state index contributed by atoms with van der Waals surface area (Å²) in [5.74, 6) is 1.13. The highest BCUT2D eigenvalue weighted by atomic mass is 79.9. The monoisotopic (exact) mass is 306 g/mol. The van der Waals surface area contributed by atoms with Gasteiger partial charge in [-0.2, -0.15) is 0 Å². The van der Waals surface area contributed by atoms with Crippen molar-refractivity contribution in [1.29, 1.82) is 0 Å². The van der Waals surface area contributed by atoms with Crippen LogP contribution in [0.4, 0.5) is 0 Å². The molecule has 0 aromatic heterocycles. The van der Waals surface area contributed by atoms with Gasteiger partial charge < -0.3 is 9.84 Å². The zero-order chi connectivity index (χ0) is 13.0. The first-order valence-corrected chi connectivity index (χ1v) is 6.14. The lowest BCUT2D eigenvalue weighted by molar-refractivity contribution is 0.112. The van der Waals surface area contributed by atoms with E-state index in [1.54, 1.807) is 36.4 Å². The van der Waals surface area contributed by atoms with E-state index in [0.29, 0.717) is 17.1 Å². The molecule has 0 radical (unpaired) electrons. The van der Waals surface area contributed by atoms with Crippen LogP contribution in [0.3, 0.4) is 0 Å². The standard InChI is InChI=1S/C14H11BrO3/c15-12-3-6-14(11(7-12)9-17)18-13-4-1-10(8-16)2-5-13/h1-7,9,16H,8H2. The van der Waals surface area contributed by atoms with Crippen LogP contribution in [0.25, 0.3) is 0 Å². The number of carbonyl (C=O) groups is 1. The van der Waals surface area contributed by atoms with Crippen molar-refractivity contribution in [3.05, 3.63) is 58.1 Å². The van der Waals surface area contributed by atoms with Gasteiger partial charge in [-0.25, -0.2) is 0 Å². The van der Waals surface area contributed by atoms with E-state index >= 15 is 0 Å². The molecule has 0 heterocycles. The first kappa shape index (κ1) is 12.8. The second-order valence-electron chi connectivity index (χ2n) is 3.70. The third-order valence-corrected chi connectivity index (χ3v) is 2.93. The first-order valence-electron chi connectivity index (χ1n) is 5.35. The van der Waals surface area contributed by atoms with E-state index in [1.807, 2.05) is 6.07 Å². The van der Waals surface area contributed by atoms with Crippen molar-refractivity contribution >= 4 is 22.2 Å². The number of hydrogen-bond donors (Lipinski definition) is 1. The zero-order valence-corrected chi connectivity index (χ0v) is 11.1. The maximum absolute atomic E-state index is 10.9. The molecule has 0 aliphatic heterocycles. The van der Waals surface area contributed by atoms with Crippen LogP contribution < -0.4 is 4.74 Å². The topological polar surface area (TPSA) is 46.5 Å². The van der Waals surface area contributed by atoms with Gasteiger partial charge in [-0.15, -0.1) is 0 Å². The SMILES string of the molecule is O=Cc1cc(Br)ccc1Oc1ccc(CO)cc1. The summed E-state index contributed by atoms with van der Waals surface area (Å²) < 4.78 is 6.45. The van der Waals surface area contributed by atoms with Gasteiger partial charge in [0.2, 0.25) is 0 Å². The Morgan fingerprint density at radius 2 is 1.89 bits per heavy atom. The Bertz CT molecular complexity index is 549. The molecule has 0 saturated heterocycles. The van der Waals surface area contributed by atoms with Gasteiger partial charge in [-0.3, -0.25) is 4.79 Å². The molecule has 0 unspecified atom stereocenters. The molecule has 2 aromatic carbocycles. The van der Waals surface area contributed by atoms with Gasteiger partial charge in [-0.05, 0) is 35.9 Å². The Labute approximate surface area is 113 Å². The van der Waals surface area contributed by atoms with Gasteiger partial charge in [0.25, 0.3) is 0 Å². The van der Waals surface area contributed by atoms with Crippen molar-refractivity contribution < 1.29 is 14.6 Å². The molecule has 0 bridgehead atoms. The van der Waals surface area contributed by atoms with Crippen molar-refractivity contribution in [3.63, 3.8) is 0 Å². The average molecular weight is 307 g/mol. The first-order chi connectivity index (χ1) is 8.72. The number of hydrogen-bond acceptors (Lipinski definition) is 3. The Kier molecular flexibility index (Phi) is 4.12. The lowest BCUT2D eigenvalue weighted by Gasteiger charge is -2.08. The van der Waals surface area contributed by atoms with Gasteiger partial charge in [0.15, 0.2) is 6.29 Å². The fourth-order valence-corrected chi connectivity index (χ4v) is 1.87. The molecular formula is C14H11BrO3. The predicted molar refractivity (Wildman–Crippen MR) is 72.0 cm³/mol. The molecule has 3 nitrogen and oxygen atoms in total. The molecule has 4 heteroatoms. The maximum atomic E-state index is 10.9. The Morgan fingerprint density at radius 3 is 2.50 bits per heavy atom. The summed E-state index contributed by atoms with van der Waals surface area (Å²) in [6.45, 7) is -0.00183. The number of benzene rings is 2. The minimum Gasteiger partial charge on any atom is -0.457 e. The Hall–Kier alpha value is -1.65. The second-order valence-corrected chi connectivity index (χ2v) is 4.62. The summed E-state index contributed by atoms with van der Waals surface area (Å²) >= 11 is 3.30. The van der Waals surface area contributed by atoms with Crippen LogP contribution in [0.1, 0.15) is 15.9 Å². The minimum atomic E-state index is -0.00183. The Balaban J connectivity index is 2.24. The van der Waals surface area contributed by atoms with E-state index in [0.717, 1.165) is 16.3 Å². The fraction of sp³-hybridized carbons (Fsp3) is 0.0714. The molecule has 0 fully saturated rings. The van der Waals surface area contributed by atoms with Gasteiger partial charge in [0.05, 0.1) is 12.2 Å². The highest BCUT2D eigenvalue weighted by molar-refractivity contribution is 9.10. The van der Waals surface area contributed by atoms with E-state index in [4.69, 9.17) is 9.84 Å². The van der Waals surface area contributed by atoms with Crippen LogP contribution in [0, 0.1) is 0 Å². The lowest BCUT2D eigenvalue weighted by atomic mass is 10.2. The molecule has 0 aliphatic carbocycles. The van der Waals surface area contributed by atoms with Gasteiger partial charge in [0.1, 0.15) is 11.5 Å². The number of aliphatic hydroxyl groups is 1. The van der Waals surface area contributed by atoms with E-state index < -0.39 is 0 Å². The molecule has 1 N–H and O–H groups in total. The van der Waals surface area contributed by atoms with Gasteiger partial charge in [0, 0.05) is 4.47 Å². The third kappa shape index (κ3) is 2.97. The largest absolute Gasteiger partial charge is 0.457 e. The molecule has 0 saturated carbocycles. The highest BCUT2D eigenvalue weighted by Crippen LogP contribution is 2.27. The number of carbonyl (C=O) groups excluding carboxylic acids is 1. The fourth-order valence-electron chi connectivity index (χ4n) is 1.49. The Morgan fingerprint density at radius 1 is 1.17 bits per heavy atom. The molecule has 0 atom stereocenters. The molecule has 2 rings (SSSR count). The third-order valence-electron chi connectivity index (χ3n) is 2.43. The number of ether oxygens (including phenoxy) is 1. The van der Waals surface area contributed by atoms with Gasteiger partial charge in [-0.1, -0.05) is 28.1 Å². The van der Waals surface area contributed by atoms with Crippen LogP contribution in [0.15, 0.2) is 46.9 Å². The highest BCUT2D eigenvalue weighted by Gasteiger charge is 2.05. The van der Waals surface area contributed by atoms with Crippen LogP contribution in [-0.2, 0) is 6.61 Å². The van der Waals surface area contributed by atoms with Crippen LogP contribution in [0.5, 0.6) is 11.5 Å². The molecule has 0 aliphatic rings. The summed E-state index contributed by atoms with van der Waals surface area (Å²) in [6.07, 6.45) is 0.752. The van der Waals surface area contributed by atoms with E-state index in [2.05, 4.69) is 15.9 Å². The van der Waals surface area contributed by atoms with Crippen LogP contribution in [0.2, 0.25) is 0 Å². The number of aldehydes is 1. The van der Waals surface area contributed by atoms with Crippen molar-refractivity contribution in [3.8, 4) is 11.5 Å². The van der Waals surface area contributed by atoms with Crippen molar-refractivity contribution in [2.45, 2.75) is 6.61 Å². The molecule has 0 spiro atoms. The molecule has 18 heavy (non-hydrogen) atoms. The normalized spacial score (nSPS) is 10.1. The predicted octanol–water partition coefficient (Wildman–Crippen LogP) is 3.55. The van der Waals surface area contributed by atoms with Gasteiger partial charge >= 0.3 is 0 Å². The summed E-state index contributed by atoms with van der Waals surface area (Å²) in [5, 5.41) is 8.94. The lowest BCUT2D eigenvalue weighted by Crippen LogP contribution is -1.91. The number of aliphatic hydroxyl groups excluding tert-OH is 1. The summed E-state index contributed by atoms with van der Waals surface area (Å²) in [4.78, 5) is 10.9. The van der Waals surface area contributed by atoms with E-state index in [1.165, 1.54) is 0 Å². The molecule has 2 aromatic rings. The maximum Gasteiger partial charge on any atom is 0.153 e. The molecule has 92 valence electrons. The molecular weight excluding hydrogens is 296 g/mol. The average Bonchev–Trinajstić information content (AvgIpc) is 2.41. The second kappa shape index (κ2) is 5.80. The summed E-state index contributed by atoms with van der Waals surface area (Å²) in [6, 6.07) is 12.3. The summed E-state index contributed by atoms with van der Waals surface area (Å²) in [7, 11) is 0. The smallest absolute Gasteiger partial charge is 0.153 e. The number of rotatable bonds is 4. The minimum absolute atomic E-state index is 0.00183. The van der Waals surface area contributed by atoms with Crippen molar-refractivity contribution in [1.82, 2.24) is 0 Å². The van der Waals surface area contributed by atoms with Crippen LogP contribution >= 0.6 is 15.9 Å². The van der Waals surface area contributed by atoms with Crippen LogP contribution in [-0.4, -0.2) is 11.4 Å². The van der Waals surface area contributed by atoms with E-state index in [-0.39, 0.29) is 6.61 Å². The quantitative estimate of drug-likeness (QED) is 0.879. The number of halogens is 1. The zero-order valence-electron chi connectivity index (χ0n) is 9.47. The summed E-state index contributed by atoms with van der Waals surface area (Å²) in [5.41, 5.74) is 1.30. The van der Waals surface area contributed by atoms with Crippen molar-refractivity contribution in [2.24, 2.45) is 0 Å². The van der Waals surface area contributed by atoms with Crippen molar-refractivity contribution in [2.75, 3.05) is 0 Å². The molecule has 0 amide bonds.